The molecule has 1 aliphatic heterocycles. The number of fused-ring (bicyclic) bond motifs is 7. The zero-order valence-corrected chi connectivity index (χ0v) is 27.8. The Morgan fingerprint density at radius 2 is 1.30 bits per heavy atom. The SMILES string of the molecule is CC1(C)c2cc(-c3nc(-c4ccccc4)nc(-c4ccc5ccccc5c4)n3)ccc2-c2cccc(N3c4ncccc4C4C=CC=CC43)c21. The number of rotatable bonds is 4. The summed E-state index contributed by atoms with van der Waals surface area (Å²) in [7, 11) is 0. The van der Waals surface area contributed by atoms with Crippen molar-refractivity contribution in [3.63, 3.8) is 0 Å². The lowest BCUT2D eigenvalue weighted by molar-refractivity contribution is 0.653. The van der Waals surface area contributed by atoms with Gasteiger partial charge in [-0.05, 0) is 57.3 Å². The van der Waals surface area contributed by atoms with Crippen molar-refractivity contribution >= 4 is 22.3 Å². The first kappa shape index (κ1) is 28.8. The molecule has 0 saturated heterocycles. The average Bonchev–Trinajstić information content (AvgIpc) is 3.63. The van der Waals surface area contributed by atoms with Crippen molar-refractivity contribution in [3.05, 3.63) is 169 Å². The van der Waals surface area contributed by atoms with Gasteiger partial charge in [0.05, 0.1) is 6.04 Å². The van der Waals surface area contributed by atoms with Gasteiger partial charge in [0.2, 0.25) is 0 Å². The van der Waals surface area contributed by atoms with Gasteiger partial charge in [0.15, 0.2) is 17.5 Å². The number of hydrogen-bond acceptors (Lipinski definition) is 5. The minimum absolute atomic E-state index is 0.182. The summed E-state index contributed by atoms with van der Waals surface area (Å²) in [6.45, 7) is 4.69. The van der Waals surface area contributed by atoms with Crippen LogP contribution in [0.1, 0.15) is 36.5 Å². The Morgan fingerprint density at radius 1 is 0.580 bits per heavy atom. The minimum Gasteiger partial charge on any atom is -0.318 e. The molecule has 2 atom stereocenters. The molecule has 0 radical (unpaired) electrons. The fourth-order valence-electron chi connectivity index (χ4n) is 8.29. The van der Waals surface area contributed by atoms with Crippen molar-refractivity contribution in [1.82, 2.24) is 19.9 Å². The Morgan fingerprint density at radius 3 is 2.14 bits per heavy atom. The predicted molar refractivity (Wildman–Crippen MR) is 202 cm³/mol. The summed E-state index contributed by atoms with van der Waals surface area (Å²) >= 11 is 0. The molecule has 0 bridgehead atoms. The Balaban J connectivity index is 1.11. The number of pyridine rings is 1. The Labute approximate surface area is 291 Å². The van der Waals surface area contributed by atoms with Crippen LogP contribution in [0.15, 0.2) is 152 Å². The molecular weight excluding hydrogens is 611 g/mol. The number of anilines is 2. The van der Waals surface area contributed by atoms with Gasteiger partial charge in [0.25, 0.3) is 0 Å². The Bertz CT molecular complexity index is 2550. The van der Waals surface area contributed by atoms with Crippen LogP contribution in [0.3, 0.4) is 0 Å². The van der Waals surface area contributed by atoms with Crippen LogP contribution < -0.4 is 4.90 Å². The molecule has 2 aromatic heterocycles. The molecule has 0 amide bonds. The van der Waals surface area contributed by atoms with Crippen LogP contribution in [-0.2, 0) is 5.41 Å². The van der Waals surface area contributed by atoms with Crippen LogP contribution in [0.2, 0.25) is 0 Å². The van der Waals surface area contributed by atoms with Gasteiger partial charge in [-0.1, -0.05) is 135 Å². The first-order valence-electron chi connectivity index (χ1n) is 17.2. The second-order valence-electron chi connectivity index (χ2n) is 13.9. The highest BCUT2D eigenvalue weighted by Crippen LogP contribution is 2.56. The van der Waals surface area contributed by atoms with Gasteiger partial charge in [-0.3, -0.25) is 0 Å². The van der Waals surface area contributed by atoms with Crippen molar-refractivity contribution in [2.75, 3.05) is 4.90 Å². The van der Waals surface area contributed by atoms with Crippen LogP contribution in [0.4, 0.5) is 11.5 Å². The number of allylic oxidation sites excluding steroid dienone is 2. The lowest BCUT2D eigenvalue weighted by atomic mass is 9.80. The maximum Gasteiger partial charge on any atom is 0.164 e. The highest BCUT2D eigenvalue weighted by Gasteiger charge is 2.44. The van der Waals surface area contributed by atoms with Crippen molar-refractivity contribution < 1.29 is 0 Å². The van der Waals surface area contributed by atoms with E-state index in [9.17, 15) is 0 Å². The molecule has 0 N–H and O–H groups in total. The lowest BCUT2D eigenvalue weighted by Crippen LogP contribution is -2.31. The number of nitrogens with zero attached hydrogens (tertiary/aromatic N) is 5. The van der Waals surface area contributed by atoms with Crippen molar-refractivity contribution in [2.45, 2.75) is 31.2 Å². The summed E-state index contributed by atoms with van der Waals surface area (Å²) in [5.74, 6) is 3.30. The van der Waals surface area contributed by atoms with Gasteiger partial charge in [0.1, 0.15) is 5.82 Å². The van der Waals surface area contributed by atoms with Crippen molar-refractivity contribution in [1.29, 1.82) is 0 Å². The maximum atomic E-state index is 5.13. The number of hydrogen-bond donors (Lipinski definition) is 0. The summed E-state index contributed by atoms with van der Waals surface area (Å²) in [5.41, 5.74) is 10.2. The minimum atomic E-state index is -0.283. The van der Waals surface area contributed by atoms with Crippen molar-refractivity contribution in [2.24, 2.45) is 0 Å². The fraction of sp³-hybridized carbons (Fsp3) is 0.111. The third kappa shape index (κ3) is 4.33. The second kappa shape index (κ2) is 10.9. The van der Waals surface area contributed by atoms with E-state index in [4.69, 9.17) is 19.9 Å². The van der Waals surface area contributed by atoms with Crippen LogP contribution in [0, 0.1) is 0 Å². The third-order valence-electron chi connectivity index (χ3n) is 10.7. The zero-order chi connectivity index (χ0) is 33.4. The van der Waals surface area contributed by atoms with Gasteiger partial charge < -0.3 is 4.90 Å². The van der Waals surface area contributed by atoms with Crippen LogP contribution in [-0.4, -0.2) is 26.0 Å². The molecule has 0 fully saturated rings. The number of benzene rings is 5. The second-order valence-corrected chi connectivity index (χ2v) is 13.9. The van der Waals surface area contributed by atoms with Gasteiger partial charge in [0, 0.05) is 45.5 Å². The molecular formula is C45H33N5. The van der Waals surface area contributed by atoms with E-state index in [1.165, 1.54) is 38.9 Å². The summed E-state index contributed by atoms with van der Waals surface area (Å²) in [6, 6.07) is 42.9. The van der Waals surface area contributed by atoms with E-state index in [1.54, 1.807) is 0 Å². The average molecular weight is 644 g/mol. The molecule has 5 heteroatoms. The van der Waals surface area contributed by atoms with Crippen LogP contribution in [0.5, 0.6) is 0 Å². The molecule has 0 saturated carbocycles. The smallest absolute Gasteiger partial charge is 0.164 e. The highest BCUT2D eigenvalue weighted by atomic mass is 15.2. The topological polar surface area (TPSA) is 54.8 Å². The van der Waals surface area contributed by atoms with Gasteiger partial charge in [-0.25, -0.2) is 19.9 Å². The van der Waals surface area contributed by atoms with Gasteiger partial charge in [-0.2, -0.15) is 0 Å². The highest BCUT2D eigenvalue weighted by molar-refractivity contribution is 5.90. The fourth-order valence-corrected chi connectivity index (χ4v) is 8.29. The Hall–Kier alpha value is -6.20. The summed E-state index contributed by atoms with van der Waals surface area (Å²) < 4.78 is 0. The molecule has 2 unspecified atom stereocenters. The summed E-state index contributed by atoms with van der Waals surface area (Å²) in [5, 5.41) is 2.34. The van der Waals surface area contributed by atoms with E-state index in [2.05, 4.69) is 146 Å². The number of aromatic nitrogens is 4. The molecule has 5 nitrogen and oxygen atoms in total. The normalized spacial score (nSPS) is 17.8. The summed E-state index contributed by atoms with van der Waals surface area (Å²) in [6.07, 6.45) is 10.9. The van der Waals surface area contributed by atoms with E-state index in [0.717, 1.165) is 27.9 Å². The molecule has 0 spiro atoms. The molecule has 10 rings (SSSR count). The van der Waals surface area contributed by atoms with E-state index in [-0.39, 0.29) is 17.4 Å². The molecule has 7 aromatic rings. The molecule has 2 aliphatic carbocycles. The van der Waals surface area contributed by atoms with Crippen LogP contribution >= 0.6 is 0 Å². The third-order valence-corrected chi connectivity index (χ3v) is 10.7. The molecule has 3 aliphatic rings. The maximum absolute atomic E-state index is 5.13. The molecule has 3 heterocycles. The van der Waals surface area contributed by atoms with Crippen LogP contribution in [0.25, 0.3) is 56.1 Å². The largest absolute Gasteiger partial charge is 0.318 e. The van der Waals surface area contributed by atoms with Crippen molar-refractivity contribution in [3.8, 4) is 45.3 Å². The van der Waals surface area contributed by atoms with E-state index in [0.29, 0.717) is 17.5 Å². The van der Waals surface area contributed by atoms with Gasteiger partial charge >= 0.3 is 0 Å². The van der Waals surface area contributed by atoms with E-state index in [1.807, 2.05) is 24.4 Å². The quantitative estimate of drug-likeness (QED) is 0.191. The predicted octanol–water partition coefficient (Wildman–Crippen LogP) is 10.5. The molecule has 5 aromatic carbocycles. The molecule has 50 heavy (non-hydrogen) atoms. The Kier molecular flexibility index (Phi) is 6.28. The van der Waals surface area contributed by atoms with E-state index < -0.39 is 0 Å². The first-order valence-corrected chi connectivity index (χ1v) is 17.2. The molecule has 238 valence electrons. The zero-order valence-electron chi connectivity index (χ0n) is 27.8. The van der Waals surface area contributed by atoms with E-state index >= 15 is 0 Å². The monoisotopic (exact) mass is 643 g/mol. The lowest BCUT2D eigenvalue weighted by Gasteiger charge is -2.33. The van der Waals surface area contributed by atoms with Gasteiger partial charge in [-0.15, -0.1) is 0 Å². The summed E-state index contributed by atoms with van der Waals surface area (Å²) in [4.78, 5) is 22.6. The standard InChI is InChI=1S/C45H33N5/c1-45(2)37-27-32(43-48-41(29-13-4-3-5-14-29)47-42(49-43)31-22-21-28-12-6-7-15-30(28)26-31)23-24-33(37)35-17-10-20-39(40(35)45)50-38-19-9-8-16-34(38)36-18-11-25-46-44(36)50/h3-27,34,38H,1-2H3. The first-order chi connectivity index (χ1) is 24.5.